The highest BCUT2D eigenvalue weighted by molar-refractivity contribution is 5.62. The fraction of sp³-hybridized carbons (Fsp3) is 0.182. The van der Waals surface area contributed by atoms with E-state index in [1.54, 1.807) is 6.08 Å². The van der Waals surface area contributed by atoms with Gasteiger partial charge in [-0.1, -0.05) is 0 Å². The molecule has 0 bridgehead atoms. The molecular weight excluding hydrogens is 160 g/mol. The molecule has 2 nitrogen and oxygen atoms in total. The standard InChI is InChI=1S/C11H12N2/c1-8-6-10(4-3-5-12)7-9(2)11(8)13/h3-4,6-7H,13H2,1-2H3/b4-3+. The van der Waals surface area contributed by atoms with Crippen LogP contribution in [0.1, 0.15) is 16.7 Å². The molecule has 0 atom stereocenters. The zero-order valence-electron chi connectivity index (χ0n) is 7.83. The van der Waals surface area contributed by atoms with Gasteiger partial charge in [-0.3, -0.25) is 0 Å². The van der Waals surface area contributed by atoms with E-state index in [1.165, 1.54) is 6.08 Å². The van der Waals surface area contributed by atoms with E-state index >= 15 is 0 Å². The van der Waals surface area contributed by atoms with Gasteiger partial charge in [0.15, 0.2) is 0 Å². The number of hydrogen-bond donors (Lipinski definition) is 1. The van der Waals surface area contributed by atoms with E-state index in [9.17, 15) is 0 Å². The van der Waals surface area contributed by atoms with Crippen molar-refractivity contribution in [2.75, 3.05) is 5.73 Å². The summed E-state index contributed by atoms with van der Waals surface area (Å²) in [7, 11) is 0. The molecule has 13 heavy (non-hydrogen) atoms. The van der Waals surface area contributed by atoms with E-state index < -0.39 is 0 Å². The molecule has 0 unspecified atom stereocenters. The van der Waals surface area contributed by atoms with Crippen LogP contribution >= 0.6 is 0 Å². The van der Waals surface area contributed by atoms with Gasteiger partial charge in [-0.05, 0) is 48.7 Å². The Labute approximate surface area is 78.3 Å². The van der Waals surface area contributed by atoms with Crippen LogP contribution in [0.4, 0.5) is 5.69 Å². The van der Waals surface area contributed by atoms with E-state index in [0.717, 1.165) is 22.4 Å². The Morgan fingerprint density at radius 1 is 1.31 bits per heavy atom. The fourth-order valence-electron chi connectivity index (χ4n) is 1.24. The molecule has 66 valence electrons. The van der Waals surface area contributed by atoms with Crippen LogP contribution in [0.25, 0.3) is 6.08 Å². The molecule has 1 rings (SSSR count). The van der Waals surface area contributed by atoms with Gasteiger partial charge in [-0.2, -0.15) is 5.26 Å². The first-order valence-corrected chi connectivity index (χ1v) is 4.08. The maximum absolute atomic E-state index is 8.36. The van der Waals surface area contributed by atoms with Gasteiger partial charge in [-0.25, -0.2) is 0 Å². The summed E-state index contributed by atoms with van der Waals surface area (Å²) in [6.45, 7) is 3.93. The molecule has 0 radical (unpaired) electrons. The molecule has 0 saturated carbocycles. The largest absolute Gasteiger partial charge is 0.398 e. The highest BCUT2D eigenvalue weighted by Crippen LogP contribution is 2.19. The lowest BCUT2D eigenvalue weighted by molar-refractivity contribution is 1.38. The topological polar surface area (TPSA) is 49.8 Å². The van der Waals surface area contributed by atoms with Crippen molar-refractivity contribution in [3.8, 4) is 6.07 Å². The second-order valence-corrected chi connectivity index (χ2v) is 3.03. The van der Waals surface area contributed by atoms with Crippen molar-refractivity contribution in [1.29, 1.82) is 5.26 Å². The number of allylic oxidation sites excluding steroid dienone is 1. The molecule has 0 spiro atoms. The number of nitrogens with zero attached hydrogens (tertiary/aromatic N) is 1. The number of nitriles is 1. The molecule has 0 heterocycles. The first-order valence-electron chi connectivity index (χ1n) is 4.08. The fourth-order valence-corrected chi connectivity index (χ4v) is 1.24. The summed E-state index contributed by atoms with van der Waals surface area (Å²) in [6, 6.07) is 5.89. The van der Waals surface area contributed by atoms with Gasteiger partial charge in [0.25, 0.3) is 0 Å². The number of nitrogen functional groups attached to an aromatic ring is 1. The van der Waals surface area contributed by atoms with Gasteiger partial charge in [0, 0.05) is 11.8 Å². The third-order valence-corrected chi connectivity index (χ3v) is 1.97. The zero-order valence-corrected chi connectivity index (χ0v) is 7.83. The summed E-state index contributed by atoms with van der Waals surface area (Å²) in [6.07, 6.45) is 3.24. The van der Waals surface area contributed by atoms with Crippen LogP contribution in [-0.4, -0.2) is 0 Å². The number of rotatable bonds is 1. The monoisotopic (exact) mass is 172 g/mol. The minimum Gasteiger partial charge on any atom is -0.398 e. The van der Waals surface area contributed by atoms with Crippen molar-refractivity contribution in [1.82, 2.24) is 0 Å². The summed E-state index contributed by atoms with van der Waals surface area (Å²) in [5.74, 6) is 0. The number of anilines is 1. The number of nitrogens with two attached hydrogens (primary N) is 1. The van der Waals surface area contributed by atoms with E-state index in [-0.39, 0.29) is 0 Å². The SMILES string of the molecule is Cc1cc(/C=C/C#N)cc(C)c1N. The highest BCUT2D eigenvalue weighted by atomic mass is 14.6. The van der Waals surface area contributed by atoms with Gasteiger partial charge < -0.3 is 5.73 Å². The number of benzene rings is 1. The molecular formula is C11H12N2. The Kier molecular flexibility index (Phi) is 2.71. The predicted octanol–water partition coefficient (Wildman–Crippen LogP) is 2.42. The van der Waals surface area contributed by atoms with Gasteiger partial charge in [0.1, 0.15) is 0 Å². The summed E-state index contributed by atoms with van der Waals surface area (Å²) < 4.78 is 0. The van der Waals surface area contributed by atoms with E-state index in [4.69, 9.17) is 11.0 Å². The maximum atomic E-state index is 8.36. The molecule has 2 heteroatoms. The average molecular weight is 172 g/mol. The molecule has 0 saturated heterocycles. The maximum Gasteiger partial charge on any atom is 0.0912 e. The lowest BCUT2D eigenvalue weighted by Crippen LogP contribution is -1.93. The van der Waals surface area contributed by atoms with Gasteiger partial charge in [0.05, 0.1) is 6.07 Å². The summed E-state index contributed by atoms with van der Waals surface area (Å²) in [5.41, 5.74) is 9.74. The minimum atomic E-state index is 0.828. The van der Waals surface area contributed by atoms with Crippen molar-refractivity contribution in [3.63, 3.8) is 0 Å². The van der Waals surface area contributed by atoms with Crippen molar-refractivity contribution in [3.05, 3.63) is 34.9 Å². The first-order chi connectivity index (χ1) is 6.15. The van der Waals surface area contributed by atoms with Gasteiger partial charge >= 0.3 is 0 Å². The van der Waals surface area contributed by atoms with Gasteiger partial charge in [0.2, 0.25) is 0 Å². The molecule has 2 N–H and O–H groups in total. The lowest BCUT2D eigenvalue weighted by Gasteiger charge is -2.05. The van der Waals surface area contributed by atoms with Crippen LogP contribution in [0.3, 0.4) is 0 Å². The Hall–Kier alpha value is -1.75. The van der Waals surface area contributed by atoms with Crippen LogP contribution in [0.15, 0.2) is 18.2 Å². The van der Waals surface area contributed by atoms with Gasteiger partial charge in [-0.15, -0.1) is 0 Å². The molecule has 1 aromatic rings. The second-order valence-electron chi connectivity index (χ2n) is 3.03. The van der Waals surface area contributed by atoms with Crippen molar-refractivity contribution in [2.45, 2.75) is 13.8 Å². The van der Waals surface area contributed by atoms with E-state index in [2.05, 4.69) is 0 Å². The summed E-state index contributed by atoms with van der Waals surface area (Å²) in [4.78, 5) is 0. The van der Waals surface area contributed by atoms with E-state index in [1.807, 2.05) is 32.0 Å². The molecule has 0 aliphatic heterocycles. The van der Waals surface area contributed by atoms with Crippen LogP contribution in [0.2, 0.25) is 0 Å². The van der Waals surface area contributed by atoms with Crippen LogP contribution in [-0.2, 0) is 0 Å². The molecule has 0 fully saturated rings. The Morgan fingerprint density at radius 3 is 2.31 bits per heavy atom. The highest BCUT2D eigenvalue weighted by Gasteiger charge is 1.98. The molecule has 1 aromatic carbocycles. The normalized spacial score (nSPS) is 10.2. The quantitative estimate of drug-likeness (QED) is 0.522. The van der Waals surface area contributed by atoms with Crippen molar-refractivity contribution < 1.29 is 0 Å². The number of aryl methyl sites for hydroxylation is 2. The van der Waals surface area contributed by atoms with Crippen molar-refractivity contribution in [2.24, 2.45) is 0 Å². The predicted molar refractivity (Wildman–Crippen MR) is 55.0 cm³/mol. The average Bonchev–Trinajstić information content (AvgIpc) is 2.10. The molecule has 0 aliphatic rings. The van der Waals surface area contributed by atoms with E-state index in [0.29, 0.717) is 0 Å². The molecule has 0 aliphatic carbocycles. The first kappa shape index (κ1) is 9.34. The Balaban J connectivity index is 3.15. The van der Waals surface area contributed by atoms with Crippen LogP contribution in [0, 0.1) is 25.2 Å². The summed E-state index contributed by atoms with van der Waals surface area (Å²) in [5, 5.41) is 8.36. The molecule has 0 amide bonds. The summed E-state index contributed by atoms with van der Waals surface area (Å²) >= 11 is 0. The molecule has 0 aromatic heterocycles. The van der Waals surface area contributed by atoms with Crippen LogP contribution < -0.4 is 5.73 Å². The van der Waals surface area contributed by atoms with Crippen molar-refractivity contribution >= 4 is 11.8 Å². The second kappa shape index (κ2) is 3.77. The zero-order chi connectivity index (χ0) is 9.84. The third-order valence-electron chi connectivity index (χ3n) is 1.97. The van der Waals surface area contributed by atoms with Crippen LogP contribution in [0.5, 0.6) is 0 Å². The lowest BCUT2D eigenvalue weighted by atomic mass is 10.0. The Bertz CT molecular complexity index is 361. The smallest absolute Gasteiger partial charge is 0.0912 e. The Morgan fingerprint density at radius 2 is 1.85 bits per heavy atom. The third kappa shape index (κ3) is 2.09. The number of hydrogen-bond acceptors (Lipinski definition) is 2. The minimum absolute atomic E-state index is 0.828.